The Labute approximate surface area is 211 Å². The number of nitrogens with zero attached hydrogens (tertiary/aromatic N) is 2. The second kappa shape index (κ2) is 9.79. The number of hydrogen-bond donors (Lipinski definition) is 1. The lowest BCUT2D eigenvalue weighted by Gasteiger charge is -2.30. The first-order valence-corrected chi connectivity index (χ1v) is 13.4. The fourth-order valence-electron chi connectivity index (χ4n) is 4.50. The number of aryl methyl sites for hydroxylation is 1. The molecule has 5 nitrogen and oxygen atoms in total. The highest BCUT2D eigenvalue weighted by atomic mass is 32.2. The minimum Gasteiger partial charge on any atom is -0.350 e. The molecule has 0 spiro atoms. The van der Waals surface area contributed by atoms with Gasteiger partial charge in [-0.25, -0.2) is 4.39 Å². The Kier molecular flexibility index (Phi) is 6.58. The lowest BCUT2D eigenvalue weighted by molar-refractivity contribution is -0.125. The number of para-hydroxylation sites is 1. The van der Waals surface area contributed by atoms with Crippen molar-refractivity contribution in [1.82, 2.24) is 9.88 Å². The highest BCUT2D eigenvalue weighted by Gasteiger charge is 2.39. The van der Waals surface area contributed by atoms with Gasteiger partial charge in [-0.3, -0.25) is 14.5 Å². The van der Waals surface area contributed by atoms with Crippen molar-refractivity contribution < 1.29 is 14.0 Å². The lowest BCUT2D eigenvalue weighted by Crippen LogP contribution is -2.43. The second-order valence-corrected chi connectivity index (χ2v) is 10.1. The van der Waals surface area contributed by atoms with Crippen LogP contribution >= 0.6 is 23.5 Å². The molecular weight excluding hydrogens is 481 g/mol. The van der Waals surface area contributed by atoms with Gasteiger partial charge in [-0.05, 0) is 48.2 Å². The molecule has 178 valence electrons. The number of rotatable bonds is 5. The van der Waals surface area contributed by atoms with Crippen molar-refractivity contribution in [1.29, 1.82) is 0 Å². The summed E-state index contributed by atoms with van der Waals surface area (Å²) >= 11 is 3.05. The van der Waals surface area contributed by atoms with Gasteiger partial charge in [0, 0.05) is 40.6 Å². The zero-order chi connectivity index (χ0) is 24.5. The van der Waals surface area contributed by atoms with E-state index in [1.807, 2.05) is 61.8 Å². The summed E-state index contributed by atoms with van der Waals surface area (Å²) in [7, 11) is 1.97. The molecule has 0 radical (unpaired) electrons. The van der Waals surface area contributed by atoms with E-state index in [0.717, 1.165) is 32.0 Å². The van der Waals surface area contributed by atoms with Crippen LogP contribution in [0.15, 0.2) is 82.7 Å². The smallest absolute Gasteiger partial charge is 0.248 e. The van der Waals surface area contributed by atoms with Gasteiger partial charge in [0.25, 0.3) is 0 Å². The molecule has 1 aliphatic heterocycles. The van der Waals surface area contributed by atoms with Crippen molar-refractivity contribution in [3.63, 3.8) is 0 Å². The Hall–Kier alpha value is -3.23. The standard InChI is InChI=1S/C27H24FN3O2S2/c1-30-22-9-4-3-8-21(22)24-25(26(33)29-15-17-10-12-18(28)13-11-17)31(23(32)16-35-27(24)30)19-6-5-7-20(14-19)34-2/h3-14,25H,15-16H2,1-2H3,(H,29,33). The first kappa shape index (κ1) is 23.5. The van der Waals surface area contributed by atoms with Gasteiger partial charge in [-0.15, -0.1) is 11.8 Å². The summed E-state index contributed by atoms with van der Waals surface area (Å²) in [6, 6.07) is 20.8. The van der Waals surface area contributed by atoms with E-state index in [4.69, 9.17) is 0 Å². The number of amides is 2. The molecule has 0 bridgehead atoms. The third-order valence-corrected chi connectivity index (χ3v) is 8.07. The highest BCUT2D eigenvalue weighted by molar-refractivity contribution is 8.00. The average Bonchev–Trinajstić information content (AvgIpc) is 3.05. The van der Waals surface area contributed by atoms with Crippen LogP contribution in [-0.4, -0.2) is 28.4 Å². The normalized spacial score (nSPS) is 15.7. The molecule has 35 heavy (non-hydrogen) atoms. The van der Waals surface area contributed by atoms with E-state index in [0.29, 0.717) is 5.69 Å². The number of benzene rings is 3. The summed E-state index contributed by atoms with van der Waals surface area (Å²) in [5.74, 6) is -0.512. The maximum atomic E-state index is 13.9. The second-order valence-electron chi connectivity index (χ2n) is 8.30. The Balaban J connectivity index is 1.64. The van der Waals surface area contributed by atoms with Crippen molar-refractivity contribution in [3.8, 4) is 0 Å². The highest BCUT2D eigenvalue weighted by Crippen LogP contribution is 2.43. The summed E-state index contributed by atoms with van der Waals surface area (Å²) in [6.45, 7) is 0.232. The lowest BCUT2D eigenvalue weighted by atomic mass is 10.0. The number of nitrogens with one attached hydrogen (secondary N) is 1. The fraction of sp³-hybridized carbons (Fsp3) is 0.185. The first-order chi connectivity index (χ1) is 17.0. The molecule has 1 unspecified atom stereocenters. The molecule has 3 aromatic carbocycles. The zero-order valence-electron chi connectivity index (χ0n) is 19.3. The number of fused-ring (bicyclic) bond motifs is 3. The Morgan fingerprint density at radius 2 is 1.89 bits per heavy atom. The van der Waals surface area contributed by atoms with E-state index < -0.39 is 6.04 Å². The van der Waals surface area contributed by atoms with E-state index in [-0.39, 0.29) is 29.9 Å². The number of carbonyl (C=O) groups is 2. The Morgan fingerprint density at radius 1 is 1.11 bits per heavy atom. The van der Waals surface area contributed by atoms with Gasteiger partial charge >= 0.3 is 0 Å². The molecular formula is C27H24FN3O2S2. The molecule has 8 heteroatoms. The van der Waals surface area contributed by atoms with E-state index in [9.17, 15) is 14.0 Å². The van der Waals surface area contributed by atoms with Crippen LogP contribution < -0.4 is 10.2 Å². The summed E-state index contributed by atoms with van der Waals surface area (Å²) in [5.41, 5.74) is 3.30. The van der Waals surface area contributed by atoms with Crippen molar-refractivity contribution >= 4 is 51.9 Å². The predicted octanol–water partition coefficient (Wildman–Crippen LogP) is 5.54. The van der Waals surface area contributed by atoms with E-state index in [1.54, 1.807) is 28.8 Å². The largest absolute Gasteiger partial charge is 0.350 e. The number of thioether (sulfide) groups is 2. The van der Waals surface area contributed by atoms with Gasteiger partial charge in [0.1, 0.15) is 11.9 Å². The SMILES string of the molecule is CSc1cccc(N2C(=O)CSc3c(c4ccccc4n3C)C2C(=O)NCc2ccc(F)cc2)c1. The maximum Gasteiger partial charge on any atom is 0.248 e. The zero-order valence-corrected chi connectivity index (χ0v) is 21.0. The molecule has 0 saturated carbocycles. The average molecular weight is 506 g/mol. The van der Waals surface area contributed by atoms with Crippen LogP contribution in [0.25, 0.3) is 10.9 Å². The molecule has 2 heterocycles. The van der Waals surface area contributed by atoms with Gasteiger partial charge in [-0.1, -0.05) is 48.2 Å². The van der Waals surface area contributed by atoms with Gasteiger partial charge in [0.15, 0.2) is 0 Å². The number of carbonyl (C=O) groups excluding carboxylic acids is 2. The van der Waals surface area contributed by atoms with E-state index >= 15 is 0 Å². The fourth-order valence-corrected chi connectivity index (χ4v) is 6.02. The summed E-state index contributed by atoms with van der Waals surface area (Å²) in [5, 5.41) is 4.85. The molecule has 0 saturated heterocycles. The van der Waals surface area contributed by atoms with Crippen molar-refractivity contribution in [2.45, 2.75) is 22.5 Å². The molecule has 1 atom stereocenters. The maximum absolute atomic E-state index is 13.9. The first-order valence-electron chi connectivity index (χ1n) is 11.2. The van der Waals surface area contributed by atoms with Gasteiger partial charge in [0.05, 0.1) is 10.8 Å². The van der Waals surface area contributed by atoms with Crippen LogP contribution in [0.2, 0.25) is 0 Å². The van der Waals surface area contributed by atoms with Gasteiger partial charge in [0.2, 0.25) is 11.8 Å². The number of hydrogen-bond acceptors (Lipinski definition) is 4. The Bertz CT molecular complexity index is 1420. The summed E-state index contributed by atoms with van der Waals surface area (Å²) in [6.07, 6.45) is 1.98. The molecule has 4 aromatic rings. The molecule has 1 aliphatic rings. The number of aromatic nitrogens is 1. The van der Waals surface area contributed by atoms with Gasteiger partial charge in [-0.2, -0.15) is 0 Å². The van der Waals surface area contributed by atoms with E-state index in [2.05, 4.69) is 9.88 Å². The molecule has 1 N–H and O–H groups in total. The van der Waals surface area contributed by atoms with Crippen molar-refractivity contribution in [3.05, 3.63) is 89.7 Å². The summed E-state index contributed by atoms with van der Waals surface area (Å²) < 4.78 is 15.4. The van der Waals surface area contributed by atoms with E-state index in [1.165, 1.54) is 23.9 Å². The number of halogens is 1. The van der Waals surface area contributed by atoms with Gasteiger partial charge < -0.3 is 9.88 Å². The van der Waals surface area contributed by atoms with Crippen LogP contribution in [-0.2, 0) is 23.2 Å². The minimum absolute atomic E-state index is 0.129. The minimum atomic E-state index is -0.851. The monoisotopic (exact) mass is 505 g/mol. The third-order valence-electron chi connectivity index (χ3n) is 6.18. The summed E-state index contributed by atoms with van der Waals surface area (Å²) in [4.78, 5) is 30.0. The molecule has 0 fully saturated rings. The van der Waals surface area contributed by atoms with Crippen molar-refractivity contribution in [2.24, 2.45) is 7.05 Å². The van der Waals surface area contributed by atoms with Crippen LogP contribution in [0.5, 0.6) is 0 Å². The molecule has 0 aliphatic carbocycles. The van der Waals surface area contributed by atoms with Crippen LogP contribution in [0, 0.1) is 5.82 Å². The predicted molar refractivity (Wildman–Crippen MR) is 140 cm³/mol. The van der Waals surface area contributed by atoms with Crippen molar-refractivity contribution in [2.75, 3.05) is 16.9 Å². The Morgan fingerprint density at radius 3 is 2.66 bits per heavy atom. The topological polar surface area (TPSA) is 54.3 Å². The third kappa shape index (κ3) is 4.44. The number of anilines is 1. The molecule has 5 rings (SSSR count). The van der Waals surface area contributed by atoms with Crippen LogP contribution in [0.1, 0.15) is 17.2 Å². The quantitative estimate of drug-likeness (QED) is 0.362. The van der Waals surface area contributed by atoms with Crippen LogP contribution in [0.4, 0.5) is 10.1 Å². The molecule has 2 amide bonds. The van der Waals surface area contributed by atoms with Crippen LogP contribution in [0.3, 0.4) is 0 Å². The molecule has 1 aromatic heterocycles.